The van der Waals surface area contributed by atoms with Gasteiger partial charge in [-0.3, -0.25) is 4.99 Å². The standard InChI is InChI=1S/C15H17N3/c1-11-8-12(9-16)5-6-13(11)14(10-17)15-4-2-3-7-18-15/h5-6,8,10H,2-4,7,17H2,1H3. The van der Waals surface area contributed by atoms with Crippen molar-refractivity contribution in [2.45, 2.75) is 26.2 Å². The van der Waals surface area contributed by atoms with Crippen LogP contribution in [0.3, 0.4) is 0 Å². The number of rotatable bonds is 2. The van der Waals surface area contributed by atoms with Crippen LogP contribution >= 0.6 is 0 Å². The maximum Gasteiger partial charge on any atom is 0.0991 e. The lowest BCUT2D eigenvalue weighted by Crippen LogP contribution is -2.11. The number of aryl methyl sites for hydroxylation is 1. The first-order valence-electron chi connectivity index (χ1n) is 6.23. The van der Waals surface area contributed by atoms with Crippen LogP contribution < -0.4 is 5.73 Å². The number of benzene rings is 1. The predicted octanol–water partition coefficient (Wildman–Crippen LogP) is 2.79. The van der Waals surface area contributed by atoms with Crippen LogP contribution in [0.4, 0.5) is 0 Å². The number of allylic oxidation sites excluding steroid dienone is 1. The van der Waals surface area contributed by atoms with Gasteiger partial charge >= 0.3 is 0 Å². The number of nitriles is 1. The third kappa shape index (κ3) is 2.43. The van der Waals surface area contributed by atoms with Gasteiger partial charge in [0.05, 0.1) is 11.6 Å². The predicted molar refractivity (Wildman–Crippen MR) is 74.2 cm³/mol. The van der Waals surface area contributed by atoms with Gasteiger partial charge in [0.1, 0.15) is 0 Å². The fourth-order valence-corrected chi connectivity index (χ4v) is 2.29. The van der Waals surface area contributed by atoms with Gasteiger partial charge in [0, 0.05) is 24.0 Å². The molecule has 1 aliphatic heterocycles. The minimum absolute atomic E-state index is 0.679. The lowest BCUT2D eigenvalue weighted by atomic mass is 9.92. The molecule has 18 heavy (non-hydrogen) atoms. The van der Waals surface area contributed by atoms with E-state index in [9.17, 15) is 0 Å². The summed E-state index contributed by atoms with van der Waals surface area (Å²) in [5, 5.41) is 8.88. The minimum Gasteiger partial charge on any atom is -0.404 e. The molecule has 0 saturated carbocycles. The average molecular weight is 239 g/mol. The van der Waals surface area contributed by atoms with E-state index in [4.69, 9.17) is 11.0 Å². The molecule has 1 aliphatic rings. The second-order valence-corrected chi connectivity index (χ2v) is 4.51. The molecule has 92 valence electrons. The third-order valence-corrected chi connectivity index (χ3v) is 3.25. The van der Waals surface area contributed by atoms with E-state index in [1.165, 1.54) is 6.42 Å². The van der Waals surface area contributed by atoms with E-state index in [1.54, 1.807) is 6.20 Å². The highest BCUT2D eigenvalue weighted by atomic mass is 14.8. The van der Waals surface area contributed by atoms with Crippen molar-refractivity contribution in [3.05, 3.63) is 41.1 Å². The monoisotopic (exact) mass is 239 g/mol. The molecule has 0 fully saturated rings. The number of aliphatic imine (C=N–C) groups is 1. The summed E-state index contributed by atoms with van der Waals surface area (Å²) >= 11 is 0. The lowest BCUT2D eigenvalue weighted by Gasteiger charge is -2.16. The first-order chi connectivity index (χ1) is 8.76. The van der Waals surface area contributed by atoms with Crippen molar-refractivity contribution in [1.82, 2.24) is 0 Å². The van der Waals surface area contributed by atoms with Gasteiger partial charge in [0.25, 0.3) is 0 Å². The zero-order valence-electron chi connectivity index (χ0n) is 10.6. The molecule has 1 heterocycles. The highest BCUT2D eigenvalue weighted by Crippen LogP contribution is 2.24. The van der Waals surface area contributed by atoms with Crippen molar-refractivity contribution in [3.63, 3.8) is 0 Å². The van der Waals surface area contributed by atoms with Crippen LogP contribution in [-0.2, 0) is 0 Å². The summed E-state index contributed by atoms with van der Waals surface area (Å²) in [6.45, 7) is 2.89. The lowest BCUT2D eigenvalue weighted by molar-refractivity contribution is 0.741. The highest BCUT2D eigenvalue weighted by Gasteiger charge is 2.14. The number of hydrogen-bond donors (Lipinski definition) is 1. The molecule has 0 unspecified atom stereocenters. The molecule has 2 rings (SSSR count). The Morgan fingerprint density at radius 1 is 1.44 bits per heavy atom. The fourth-order valence-electron chi connectivity index (χ4n) is 2.29. The Morgan fingerprint density at radius 3 is 2.83 bits per heavy atom. The van der Waals surface area contributed by atoms with Gasteiger partial charge in [0.15, 0.2) is 0 Å². The Kier molecular flexibility index (Phi) is 3.78. The average Bonchev–Trinajstić information content (AvgIpc) is 2.42. The summed E-state index contributed by atoms with van der Waals surface area (Å²) in [5.41, 5.74) is 10.7. The van der Waals surface area contributed by atoms with Gasteiger partial charge in [-0.2, -0.15) is 5.26 Å². The van der Waals surface area contributed by atoms with E-state index in [0.717, 1.165) is 41.8 Å². The van der Waals surface area contributed by atoms with Gasteiger partial charge < -0.3 is 5.73 Å². The molecular formula is C15H17N3. The van der Waals surface area contributed by atoms with Crippen molar-refractivity contribution in [2.75, 3.05) is 6.54 Å². The summed E-state index contributed by atoms with van der Waals surface area (Å²) in [5.74, 6) is 0. The Morgan fingerprint density at radius 2 is 2.28 bits per heavy atom. The zero-order valence-corrected chi connectivity index (χ0v) is 10.6. The molecule has 1 aromatic rings. The normalized spacial score (nSPS) is 16.0. The fraction of sp³-hybridized carbons (Fsp3) is 0.333. The highest BCUT2D eigenvalue weighted by molar-refractivity contribution is 6.24. The molecular weight excluding hydrogens is 222 g/mol. The number of nitrogens with two attached hydrogens (primary N) is 1. The van der Waals surface area contributed by atoms with E-state index >= 15 is 0 Å². The number of hydrogen-bond acceptors (Lipinski definition) is 3. The van der Waals surface area contributed by atoms with Crippen molar-refractivity contribution in [1.29, 1.82) is 5.26 Å². The molecule has 0 atom stereocenters. The molecule has 3 nitrogen and oxygen atoms in total. The maximum atomic E-state index is 8.88. The Labute approximate surface area is 108 Å². The Bertz CT molecular complexity index is 547. The van der Waals surface area contributed by atoms with Gasteiger partial charge in [-0.25, -0.2) is 0 Å². The van der Waals surface area contributed by atoms with Crippen LogP contribution in [0.1, 0.15) is 36.0 Å². The second-order valence-electron chi connectivity index (χ2n) is 4.51. The minimum atomic E-state index is 0.679. The van der Waals surface area contributed by atoms with Crippen LogP contribution in [0.2, 0.25) is 0 Å². The van der Waals surface area contributed by atoms with E-state index in [2.05, 4.69) is 11.1 Å². The molecule has 0 bridgehead atoms. The van der Waals surface area contributed by atoms with E-state index in [0.29, 0.717) is 5.56 Å². The third-order valence-electron chi connectivity index (χ3n) is 3.25. The topological polar surface area (TPSA) is 62.2 Å². The summed E-state index contributed by atoms with van der Waals surface area (Å²) in [6.07, 6.45) is 4.96. The summed E-state index contributed by atoms with van der Waals surface area (Å²) in [7, 11) is 0. The van der Waals surface area contributed by atoms with Crippen LogP contribution in [-0.4, -0.2) is 12.3 Å². The van der Waals surface area contributed by atoms with Gasteiger partial charge in [-0.15, -0.1) is 0 Å². The van der Waals surface area contributed by atoms with Crippen molar-refractivity contribution in [2.24, 2.45) is 10.7 Å². The van der Waals surface area contributed by atoms with E-state index in [-0.39, 0.29) is 0 Å². The van der Waals surface area contributed by atoms with Gasteiger partial charge in [0.2, 0.25) is 0 Å². The Balaban J connectivity index is 2.40. The van der Waals surface area contributed by atoms with Crippen LogP contribution in [0.15, 0.2) is 29.4 Å². The van der Waals surface area contributed by atoms with Gasteiger partial charge in [-0.05, 0) is 49.4 Å². The van der Waals surface area contributed by atoms with Crippen LogP contribution in [0, 0.1) is 18.3 Å². The van der Waals surface area contributed by atoms with Crippen molar-refractivity contribution >= 4 is 11.3 Å². The van der Waals surface area contributed by atoms with E-state index < -0.39 is 0 Å². The molecule has 2 N–H and O–H groups in total. The van der Waals surface area contributed by atoms with Gasteiger partial charge in [-0.1, -0.05) is 6.07 Å². The number of nitrogens with zero attached hydrogens (tertiary/aromatic N) is 2. The van der Waals surface area contributed by atoms with Crippen LogP contribution in [0.25, 0.3) is 5.57 Å². The molecule has 0 amide bonds. The molecule has 1 aromatic carbocycles. The molecule has 0 aliphatic carbocycles. The quantitative estimate of drug-likeness (QED) is 0.862. The van der Waals surface area contributed by atoms with Crippen LogP contribution in [0.5, 0.6) is 0 Å². The summed E-state index contributed by atoms with van der Waals surface area (Å²) < 4.78 is 0. The smallest absolute Gasteiger partial charge is 0.0991 e. The SMILES string of the molecule is Cc1cc(C#N)ccc1C(=CN)C1=NCCCC1. The second kappa shape index (κ2) is 5.50. The molecule has 0 saturated heterocycles. The molecule has 0 radical (unpaired) electrons. The summed E-state index contributed by atoms with van der Waals surface area (Å²) in [4.78, 5) is 4.56. The molecule has 0 spiro atoms. The largest absolute Gasteiger partial charge is 0.404 e. The zero-order chi connectivity index (χ0) is 13.0. The maximum absolute atomic E-state index is 8.88. The Hall–Kier alpha value is -2.08. The molecule has 3 heteroatoms. The van der Waals surface area contributed by atoms with Crippen molar-refractivity contribution in [3.8, 4) is 6.07 Å². The van der Waals surface area contributed by atoms with Crippen molar-refractivity contribution < 1.29 is 0 Å². The first-order valence-corrected chi connectivity index (χ1v) is 6.23. The van der Waals surface area contributed by atoms with E-state index in [1.807, 2.05) is 25.1 Å². The summed E-state index contributed by atoms with van der Waals surface area (Å²) in [6, 6.07) is 7.83. The molecule has 0 aromatic heterocycles. The first kappa shape index (κ1) is 12.4.